The van der Waals surface area contributed by atoms with Crippen molar-refractivity contribution < 1.29 is 24.6 Å². The molecular weight excluding hydrogens is 506 g/mol. The molecule has 4 atom stereocenters. The molecule has 0 aliphatic carbocycles. The van der Waals surface area contributed by atoms with Crippen molar-refractivity contribution >= 4 is 35.0 Å². The van der Waals surface area contributed by atoms with E-state index in [1.54, 1.807) is 12.1 Å². The standard InChI is InChI=1S/C29H26ClN3O5/c1-15-11-18-25(19(30)12-15)31-28(38)29(18)24-23(20(32-29)13-17-7-8-21(34)22(35)14-17)26(36)33(27(24)37)10-9-16-5-3-2-4-6-16/h2-8,11-12,14,20,23-24,32,34-35H,9-10,13H2,1H3,(H,31,38)/t20-,23-,24-,29+/m1/s1. The highest BCUT2D eigenvalue weighted by Gasteiger charge is 2.70. The predicted octanol–water partition coefficient (Wildman–Crippen LogP) is 3.27. The molecule has 2 saturated heterocycles. The minimum atomic E-state index is -1.46. The van der Waals surface area contributed by atoms with Crippen molar-refractivity contribution in [3.05, 3.63) is 87.9 Å². The fourth-order valence-electron chi connectivity index (χ4n) is 6.28. The molecule has 0 bridgehead atoms. The van der Waals surface area contributed by atoms with Gasteiger partial charge in [-0.2, -0.15) is 0 Å². The molecule has 3 amide bonds. The number of rotatable bonds is 5. The van der Waals surface area contributed by atoms with Gasteiger partial charge >= 0.3 is 0 Å². The maximum Gasteiger partial charge on any atom is 0.250 e. The normalized spacial score (nSPS) is 25.7. The molecule has 0 unspecified atom stereocenters. The number of aryl methyl sites for hydroxylation is 1. The molecule has 9 heteroatoms. The number of carbonyl (C=O) groups excluding carboxylic acids is 3. The Morgan fingerprint density at radius 2 is 1.71 bits per heavy atom. The predicted molar refractivity (Wildman–Crippen MR) is 141 cm³/mol. The Balaban J connectivity index is 1.42. The first-order chi connectivity index (χ1) is 18.2. The minimum Gasteiger partial charge on any atom is -0.504 e. The van der Waals surface area contributed by atoms with Gasteiger partial charge in [-0.15, -0.1) is 0 Å². The number of imide groups is 1. The van der Waals surface area contributed by atoms with Crippen LogP contribution < -0.4 is 10.6 Å². The highest BCUT2D eigenvalue weighted by molar-refractivity contribution is 6.35. The number of likely N-dealkylation sites (tertiary alicyclic amines) is 1. The van der Waals surface area contributed by atoms with Crippen molar-refractivity contribution in [2.45, 2.75) is 31.3 Å². The molecule has 2 fully saturated rings. The lowest BCUT2D eigenvalue weighted by Gasteiger charge is -2.30. The second-order valence-electron chi connectivity index (χ2n) is 10.3. The summed E-state index contributed by atoms with van der Waals surface area (Å²) in [6.07, 6.45) is 0.757. The van der Waals surface area contributed by atoms with Crippen molar-refractivity contribution in [2.75, 3.05) is 11.9 Å². The summed E-state index contributed by atoms with van der Waals surface area (Å²) in [6, 6.07) is 17.1. The Labute approximate surface area is 224 Å². The highest BCUT2D eigenvalue weighted by atomic mass is 35.5. The van der Waals surface area contributed by atoms with Crippen molar-refractivity contribution in [3.8, 4) is 11.5 Å². The second-order valence-corrected chi connectivity index (χ2v) is 10.7. The smallest absolute Gasteiger partial charge is 0.250 e. The largest absolute Gasteiger partial charge is 0.504 e. The van der Waals surface area contributed by atoms with Gasteiger partial charge in [-0.25, -0.2) is 0 Å². The number of amides is 3. The van der Waals surface area contributed by atoms with Crippen LogP contribution in [0, 0.1) is 18.8 Å². The van der Waals surface area contributed by atoms with Gasteiger partial charge in [0.05, 0.1) is 22.5 Å². The number of phenolic OH excluding ortho intramolecular Hbond substituents is 2. The molecule has 8 nitrogen and oxygen atoms in total. The van der Waals surface area contributed by atoms with E-state index in [-0.39, 0.29) is 36.3 Å². The lowest BCUT2D eigenvalue weighted by molar-refractivity contribution is -0.142. The zero-order valence-corrected chi connectivity index (χ0v) is 21.3. The number of nitrogens with zero attached hydrogens (tertiary/aromatic N) is 1. The molecule has 3 aliphatic rings. The first-order valence-electron chi connectivity index (χ1n) is 12.5. The van der Waals surface area contributed by atoms with E-state index in [0.29, 0.717) is 28.3 Å². The molecule has 1 spiro atoms. The number of benzene rings is 3. The van der Waals surface area contributed by atoms with Crippen LogP contribution in [0.1, 0.15) is 22.3 Å². The zero-order chi connectivity index (χ0) is 26.8. The topological polar surface area (TPSA) is 119 Å². The Hall–Kier alpha value is -3.88. The number of halogens is 1. The number of hydrogen-bond donors (Lipinski definition) is 4. The van der Waals surface area contributed by atoms with E-state index in [1.165, 1.54) is 17.0 Å². The number of carbonyl (C=O) groups is 3. The third-order valence-electron chi connectivity index (χ3n) is 7.97. The molecular formula is C29H26ClN3O5. The maximum atomic E-state index is 14.0. The number of phenols is 2. The van der Waals surface area contributed by atoms with Gasteiger partial charge in [0.15, 0.2) is 11.5 Å². The van der Waals surface area contributed by atoms with Crippen LogP contribution in [-0.2, 0) is 32.8 Å². The van der Waals surface area contributed by atoms with Crippen molar-refractivity contribution in [1.29, 1.82) is 0 Å². The van der Waals surface area contributed by atoms with Gasteiger partial charge in [-0.05, 0) is 54.7 Å². The van der Waals surface area contributed by atoms with Crippen molar-refractivity contribution in [2.24, 2.45) is 11.8 Å². The SMILES string of the molecule is Cc1cc(Cl)c2c(c1)[C@@]1(N[C@H](Cc3ccc(O)c(O)c3)[C@H]3C(=O)N(CCc4ccccc4)C(=O)[C@@H]31)C(=O)N2. The molecule has 4 N–H and O–H groups in total. The molecule has 0 saturated carbocycles. The number of nitrogens with one attached hydrogen (secondary N) is 2. The van der Waals surface area contributed by atoms with Gasteiger partial charge in [0.25, 0.3) is 0 Å². The highest BCUT2D eigenvalue weighted by Crippen LogP contribution is 2.54. The summed E-state index contributed by atoms with van der Waals surface area (Å²) in [5.74, 6) is -3.43. The van der Waals surface area contributed by atoms with Crippen LogP contribution >= 0.6 is 11.6 Å². The first-order valence-corrected chi connectivity index (χ1v) is 12.9. The van der Waals surface area contributed by atoms with Crippen LogP contribution in [0.25, 0.3) is 0 Å². The molecule has 0 radical (unpaired) electrons. The van der Waals surface area contributed by atoms with Gasteiger partial charge in [0.2, 0.25) is 17.7 Å². The van der Waals surface area contributed by atoms with E-state index in [4.69, 9.17) is 11.6 Å². The van der Waals surface area contributed by atoms with E-state index >= 15 is 0 Å². The van der Waals surface area contributed by atoms with Gasteiger partial charge < -0.3 is 15.5 Å². The fraction of sp³-hybridized carbons (Fsp3) is 0.276. The molecule has 0 aromatic heterocycles. The van der Waals surface area contributed by atoms with Crippen LogP contribution in [0.4, 0.5) is 5.69 Å². The van der Waals surface area contributed by atoms with Crippen molar-refractivity contribution in [3.63, 3.8) is 0 Å². The maximum absolute atomic E-state index is 14.0. The average molecular weight is 532 g/mol. The van der Waals surface area contributed by atoms with Crippen LogP contribution in [0.5, 0.6) is 11.5 Å². The average Bonchev–Trinajstić information content (AvgIpc) is 3.46. The quantitative estimate of drug-likeness (QED) is 0.296. The van der Waals surface area contributed by atoms with Gasteiger partial charge in [-0.1, -0.05) is 54.1 Å². The molecule has 3 aromatic carbocycles. The Morgan fingerprint density at radius 3 is 2.45 bits per heavy atom. The van der Waals surface area contributed by atoms with Crippen molar-refractivity contribution in [1.82, 2.24) is 10.2 Å². The fourth-order valence-corrected chi connectivity index (χ4v) is 6.61. The zero-order valence-electron chi connectivity index (χ0n) is 20.6. The van der Waals surface area contributed by atoms with E-state index in [0.717, 1.165) is 11.1 Å². The molecule has 3 heterocycles. The lowest BCUT2D eigenvalue weighted by atomic mass is 9.76. The van der Waals surface area contributed by atoms with E-state index in [2.05, 4.69) is 10.6 Å². The number of hydrogen-bond acceptors (Lipinski definition) is 6. The monoisotopic (exact) mass is 531 g/mol. The molecule has 6 rings (SSSR count). The number of fused-ring (bicyclic) bond motifs is 4. The molecule has 38 heavy (non-hydrogen) atoms. The van der Waals surface area contributed by atoms with Crippen LogP contribution in [0.3, 0.4) is 0 Å². The first kappa shape index (κ1) is 24.5. The summed E-state index contributed by atoms with van der Waals surface area (Å²) in [6.45, 7) is 2.07. The summed E-state index contributed by atoms with van der Waals surface area (Å²) in [4.78, 5) is 42.8. The third-order valence-corrected chi connectivity index (χ3v) is 8.27. The minimum absolute atomic E-state index is 0.209. The second kappa shape index (κ2) is 8.85. The lowest BCUT2D eigenvalue weighted by Crippen LogP contribution is -2.53. The summed E-state index contributed by atoms with van der Waals surface area (Å²) < 4.78 is 0. The van der Waals surface area contributed by atoms with E-state index < -0.39 is 29.3 Å². The Morgan fingerprint density at radius 1 is 0.947 bits per heavy atom. The number of aromatic hydroxyl groups is 2. The molecule has 3 aliphatic heterocycles. The summed E-state index contributed by atoms with van der Waals surface area (Å²) in [5, 5.41) is 26.4. The van der Waals surface area contributed by atoms with Crippen LogP contribution in [-0.4, -0.2) is 45.4 Å². The van der Waals surface area contributed by atoms with Gasteiger partial charge in [-0.3, -0.25) is 24.6 Å². The third kappa shape index (κ3) is 3.59. The Kier molecular flexibility index (Phi) is 5.70. The van der Waals surface area contributed by atoms with Crippen LogP contribution in [0.15, 0.2) is 60.7 Å². The van der Waals surface area contributed by atoms with E-state index in [1.807, 2.05) is 43.3 Å². The Bertz CT molecular complexity index is 1490. The van der Waals surface area contributed by atoms with Gasteiger partial charge in [0.1, 0.15) is 5.54 Å². The number of anilines is 1. The summed E-state index contributed by atoms with van der Waals surface area (Å²) >= 11 is 6.50. The van der Waals surface area contributed by atoms with Gasteiger partial charge in [0, 0.05) is 18.2 Å². The molecule has 194 valence electrons. The summed E-state index contributed by atoms with van der Waals surface area (Å²) in [5.41, 5.74) is 2.02. The van der Waals surface area contributed by atoms with Crippen LogP contribution in [0.2, 0.25) is 5.02 Å². The van der Waals surface area contributed by atoms with E-state index in [9.17, 15) is 24.6 Å². The molecule has 3 aromatic rings. The summed E-state index contributed by atoms with van der Waals surface area (Å²) in [7, 11) is 0.